The van der Waals surface area contributed by atoms with Crippen molar-refractivity contribution in [3.05, 3.63) is 36.0 Å². The number of fused-ring (bicyclic) bond motifs is 1. The van der Waals surface area contributed by atoms with Crippen LogP contribution >= 0.6 is 0 Å². The summed E-state index contributed by atoms with van der Waals surface area (Å²) in [6.07, 6.45) is 3.90. The van der Waals surface area contributed by atoms with Crippen LogP contribution in [0, 0.1) is 0 Å². The molecule has 5 heteroatoms. The fourth-order valence-electron chi connectivity index (χ4n) is 4.13. The number of hydrogen-bond acceptors (Lipinski definition) is 4. The average Bonchev–Trinajstić information content (AvgIpc) is 3.01. The molecular weight excluding hydrogens is 302 g/mol. The van der Waals surface area contributed by atoms with Crippen molar-refractivity contribution in [2.24, 2.45) is 0 Å². The summed E-state index contributed by atoms with van der Waals surface area (Å²) in [6.45, 7) is 6.17. The molecule has 24 heavy (non-hydrogen) atoms. The Bertz CT molecular complexity index is 665. The summed E-state index contributed by atoms with van der Waals surface area (Å²) in [5.74, 6) is 0. The molecule has 2 saturated heterocycles. The number of para-hydroxylation sites is 1. The molecule has 2 aliphatic heterocycles. The van der Waals surface area contributed by atoms with Crippen LogP contribution in [0.2, 0.25) is 0 Å². The van der Waals surface area contributed by atoms with Crippen molar-refractivity contribution >= 4 is 10.9 Å². The lowest BCUT2D eigenvalue weighted by Gasteiger charge is -2.33. The van der Waals surface area contributed by atoms with Gasteiger partial charge in [0.15, 0.2) is 0 Å². The molecule has 0 spiro atoms. The maximum atomic E-state index is 10.5. The van der Waals surface area contributed by atoms with Crippen LogP contribution in [0.15, 0.2) is 30.5 Å². The number of aromatic amines is 1. The van der Waals surface area contributed by atoms with E-state index in [9.17, 15) is 5.11 Å². The number of aliphatic hydroxyl groups excluding tert-OH is 1. The van der Waals surface area contributed by atoms with E-state index in [1.807, 2.05) is 6.20 Å². The smallest absolute Gasteiger partial charge is 0.0794 e. The molecular formula is C19H27N3O2. The van der Waals surface area contributed by atoms with Gasteiger partial charge in [-0.25, -0.2) is 0 Å². The Labute approximate surface area is 143 Å². The first-order valence-corrected chi connectivity index (χ1v) is 9.07. The van der Waals surface area contributed by atoms with E-state index in [1.165, 1.54) is 16.5 Å². The maximum Gasteiger partial charge on any atom is 0.0794 e. The van der Waals surface area contributed by atoms with E-state index in [1.54, 1.807) is 0 Å². The number of β-amino-alcohol motifs (C(OH)–C–C–N with tert-alkyl or cyclic N) is 1. The molecule has 4 rings (SSSR count). The number of ether oxygens (including phenoxy) is 1. The molecule has 2 N–H and O–H groups in total. The standard InChI is InChI=1S/C19H27N3O2/c23-18-13-21(8-9-22(14-18)17-5-10-24-11-6-17)12-16-3-1-2-15-4-7-20-19(15)16/h1-4,7,17-18,20,23H,5-6,8-14H2/t18-/m0/s1. The SMILES string of the molecule is O[C@H]1CN(Cc2cccc3cc[nH]c23)CCN(C2CCOCC2)C1. The van der Waals surface area contributed by atoms with Crippen LogP contribution in [0.3, 0.4) is 0 Å². The number of nitrogens with zero attached hydrogens (tertiary/aromatic N) is 2. The zero-order chi connectivity index (χ0) is 16.4. The fourth-order valence-corrected chi connectivity index (χ4v) is 4.13. The zero-order valence-corrected chi connectivity index (χ0v) is 14.2. The van der Waals surface area contributed by atoms with Crippen LogP contribution < -0.4 is 0 Å². The number of rotatable bonds is 3. The molecule has 0 radical (unpaired) electrons. The van der Waals surface area contributed by atoms with E-state index in [0.29, 0.717) is 6.04 Å². The molecule has 5 nitrogen and oxygen atoms in total. The first-order chi connectivity index (χ1) is 11.8. The molecule has 1 aromatic heterocycles. The van der Waals surface area contributed by atoms with E-state index in [2.05, 4.69) is 39.0 Å². The summed E-state index contributed by atoms with van der Waals surface area (Å²) in [6, 6.07) is 9.13. The van der Waals surface area contributed by atoms with Crippen molar-refractivity contribution in [3.63, 3.8) is 0 Å². The number of hydrogen-bond donors (Lipinski definition) is 2. The molecule has 2 aromatic rings. The van der Waals surface area contributed by atoms with Crippen molar-refractivity contribution < 1.29 is 9.84 Å². The zero-order valence-electron chi connectivity index (χ0n) is 14.2. The minimum atomic E-state index is -0.279. The fraction of sp³-hybridized carbons (Fsp3) is 0.579. The molecule has 3 heterocycles. The largest absolute Gasteiger partial charge is 0.390 e. The minimum absolute atomic E-state index is 0.279. The Balaban J connectivity index is 1.44. The molecule has 0 aliphatic carbocycles. The summed E-state index contributed by atoms with van der Waals surface area (Å²) in [5.41, 5.74) is 2.53. The predicted molar refractivity (Wildman–Crippen MR) is 95.0 cm³/mol. The van der Waals surface area contributed by atoms with Gasteiger partial charge >= 0.3 is 0 Å². The van der Waals surface area contributed by atoms with E-state index in [-0.39, 0.29) is 6.10 Å². The number of aliphatic hydroxyl groups is 1. The number of H-pyrrole nitrogens is 1. The van der Waals surface area contributed by atoms with Crippen molar-refractivity contribution in [1.82, 2.24) is 14.8 Å². The van der Waals surface area contributed by atoms with E-state index in [0.717, 1.165) is 58.8 Å². The van der Waals surface area contributed by atoms with Crippen molar-refractivity contribution in [2.75, 3.05) is 39.4 Å². The van der Waals surface area contributed by atoms with Gasteiger partial charge in [0.2, 0.25) is 0 Å². The van der Waals surface area contributed by atoms with E-state index in [4.69, 9.17) is 4.74 Å². The summed E-state index contributed by atoms with van der Waals surface area (Å²) in [5, 5.41) is 11.7. The molecule has 0 saturated carbocycles. The van der Waals surface area contributed by atoms with Crippen molar-refractivity contribution in [2.45, 2.75) is 31.5 Å². The third-order valence-electron chi connectivity index (χ3n) is 5.39. The van der Waals surface area contributed by atoms with E-state index < -0.39 is 0 Å². The van der Waals surface area contributed by atoms with Crippen LogP contribution in [0.5, 0.6) is 0 Å². The second-order valence-corrected chi connectivity index (χ2v) is 7.09. The van der Waals surface area contributed by atoms with Crippen LogP contribution in [0.1, 0.15) is 18.4 Å². The lowest BCUT2D eigenvalue weighted by atomic mass is 10.1. The normalized spacial score (nSPS) is 25.1. The molecule has 2 fully saturated rings. The van der Waals surface area contributed by atoms with Crippen molar-refractivity contribution in [3.8, 4) is 0 Å². The van der Waals surface area contributed by atoms with Gasteiger partial charge in [-0.3, -0.25) is 9.80 Å². The molecule has 0 bridgehead atoms. The molecule has 1 atom stereocenters. The predicted octanol–water partition coefficient (Wildman–Crippen LogP) is 1.83. The van der Waals surface area contributed by atoms with Gasteiger partial charge in [0, 0.05) is 63.7 Å². The maximum absolute atomic E-state index is 10.5. The van der Waals surface area contributed by atoms with E-state index >= 15 is 0 Å². The van der Waals surface area contributed by atoms with Gasteiger partial charge in [0.25, 0.3) is 0 Å². The lowest BCUT2D eigenvalue weighted by molar-refractivity contribution is 0.0217. The summed E-state index contributed by atoms with van der Waals surface area (Å²) in [4.78, 5) is 8.21. The Morgan fingerprint density at radius 2 is 2.00 bits per heavy atom. The first-order valence-electron chi connectivity index (χ1n) is 9.07. The Kier molecular flexibility index (Phi) is 4.85. The Hall–Kier alpha value is -1.40. The highest BCUT2D eigenvalue weighted by Crippen LogP contribution is 2.21. The van der Waals surface area contributed by atoms with Gasteiger partial charge in [0.05, 0.1) is 6.10 Å². The van der Waals surface area contributed by atoms with Gasteiger partial charge in [-0.05, 0) is 29.9 Å². The minimum Gasteiger partial charge on any atom is -0.390 e. The highest BCUT2D eigenvalue weighted by molar-refractivity contribution is 5.82. The second-order valence-electron chi connectivity index (χ2n) is 7.09. The third-order valence-corrected chi connectivity index (χ3v) is 5.39. The molecule has 0 amide bonds. The topological polar surface area (TPSA) is 51.7 Å². The third kappa shape index (κ3) is 3.49. The van der Waals surface area contributed by atoms with Crippen molar-refractivity contribution in [1.29, 1.82) is 0 Å². The Morgan fingerprint density at radius 1 is 1.12 bits per heavy atom. The highest BCUT2D eigenvalue weighted by atomic mass is 16.5. The number of benzene rings is 1. The highest BCUT2D eigenvalue weighted by Gasteiger charge is 2.27. The molecule has 1 aromatic carbocycles. The Morgan fingerprint density at radius 3 is 2.88 bits per heavy atom. The van der Waals surface area contributed by atoms with Crippen LogP contribution in [0.4, 0.5) is 0 Å². The van der Waals surface area contributed by atoms with Crippen LogP contribution in [0.25, 0.3) is 10.9 Å². The molecule has 130 valence electrons. The summed E-state index contributed by atoms with van der Waals surface area (Å²) in [7, 11) is 0. The van der Waals surface area contributed by atoms with Gasteiger partial charge in [0.1, 0.15) is 0 Å². The molecule has 2 aliphatic rings. The second kappa shape index (κ2) is 7.23. The van der Waals surface area contributed by atoms with Crippen LogP contribution in [-0.2, 0) is 11.3 Å². The monoisotopic (exact) mass is 329 g/mol. The lowest BCUT2D eigenvalue weighted by Crippen LogP contribution is -2.43. The summed E-state index contributed by atoms with van der Waals surface area (Å²) < 4.78 is 5.48. The number of aromatic nitrogens is 1. The number of nitrogens with one attached hydrogen (secondary N) is 1. The molecule has 0 unspecified atom stereocenters. The van der Waals surface area contributed by atoms with Crippen LogP contribution in [-0.4, -0.2) is 71.4 Å². The van der Waals surface area contributed by atoms with Gasteiger partial charge < -0.3 is 14.8 Å². The van der Waals surface area contributed by atoms with Gasteiger partial charge in [-0.1, -0.05) is 18.2 Å². The van der Waals surface area contributed by atoms with Gasteiger partial charge in [-0.2, -0.15) is 0 Å². The van der Waals surface area contributed by atoms with Gasteiger partial charge in [-0.15, -0.1) is 0 Å². The summed E-state index contributed by atoms with van der Waals surface area (Å²) >= 11 is 0. The first kappa shape index (κ1) is 16.1. The average molecular weight is 329 g/mol. The quantitative estimate of drug-likeness (QED) is 0.902.